The van der Waals surface area contributed by atoms with Gasteiger partial charge in [0, 0.05) is 36.5 Å². The van der Waals surface area contributed by atoms with Gasteiger partial charge in [-0.1, -0.05) is 12.1 Å². The van der Waals surface area contributed by atoms with Gasteiger partial charge in [0.2, 0.25) is 0 Å². The number of fused-ring (bicyclic) bond motifs is 1. The minimum Gasteiger partial charge on any atom is -0.508 e. The van der Waals surface area contributed by atoms with Gasteiger partial charge < -0.3 is 20.8 Å². The normalized spacial score (nSPS) is 10.8. The average Bonchev–Trinajstić information content (AvgIpc) is 3.12. The molecule has 0 saturated heterocycles. The lowest BCUT2D eigenvalue weighted by Gasteiger charge is -2.12. The first kappa shape index (κ1) is 19.3. The zero-order valence-electron chi connectivity index (χ0n) is 16.3. The molecule has 2 aromatic heterocycles. The van der Waals surface area contributed by atoms with Gasteiger partial charge in [0.05, 0.1) is 5.69 Å². The lowest BCUT2D eigenvalue weighted by atomic mass is 10.0. The number of carbonyl (C=O) groups excluding carboxylic acids is 1. The number of para-hydroxylation sites is 1. The highest BCUT2D eigenvalue weighted by molar-refractivity contribution is 6.36. The van der Waals surface area contributed by atoms with E-state index in [4.69, 9.17) is 0 Å². The maximum absolute atomic E-state index is 12.2. The number of hydrogen-bond donors (Lipinski definition) is 4. The van der Waals surface area contributed by atoms with E-state index in [1.54, 1.807) is 35.0 Å². The molecule has 30 heavy (non-hydrogen) atoms. The molecule has 0 unspecified atom stereocenters. The highest BCUT2D eigenvalue weighted by Gasteiger charge is 2.13. The van der Waals surface area contributed by atoms with Crippen molar-refractivity contribution in [1.29, 1.82) is 0 Å². The number of hydrogen-bond acceptors (Lipinski definition) is 6. The molecule has 0 fully saturated rings. The molecule has 8 nitrogen and oxygen atoms in total. The quantitative estimate of drug-likeness (QED) is 0.282. The average molecular weight is 401 g/mol. The van der Waals surface area contributed by atoms with Crippen molar-refractivity contribution in [2.45, 2.75) is 0 Å². The summed E-state index contributed by atoms with van der Waals surface area (Å²) in [6.45, 7) is 0.845. The van der Waals surface area contributed by atoms with Gasteiger partial charge in [0.15, 0.2) is 5.65 Å². The Morgan fingerprint density at radius 2 is 1.83 bits per heavy atom. The number of benzene rings is 2. The Morgan fingerprint density at radius 3 is 2.60 bits per heavy atom. The number of nitrogens with one attached hydrogen (secondary N) is 2. The Kier molecular flexibility index (Phi) is 5.25. The van der Waals surface area contributed by atoms with Gasteiger partial charge in [-0.05, 0) is 41.9 Å². The van der Waals surface area contributed by atoms with Crippen LogP contribution in [0.2, 0.25) is 0 Å². The largest absolute Gasteiger partial charge is 0.508 e. The van der Waals surface area contributed by atoms with E-state index < -0.39 is 0 Å². The minimum atomic E-state index is -0.221. The minimum absolute atomic E-state index is 0.115. The molecule has 0 aliphatic heterocycles. The molecule has 0 radical (unpaired) electrons. The van der Waals surface area contributed by atoms with Crippen molar-refractivity contribution in [3.8, 4) is 22.8 Å². The number of carbonyl (C=O) groups is 1. The van der Waals surface area contributed by atoms with Crippen molar-refractivity contribution in [2.24, 2.45) is 0 Å². The summed E-state index contributed by atoms with van der Waals surface area (Å²) in [5, 5.41) is 30.0. The van der Waals surface area contributed by atoms with Crippen LogP contribution in [-0.2, 0) is 0 Å². The number of amides is 1. The van der Waals surface area contributed by atoms with Crippen molar-refractivity contribution in [2.75, 3.05) is 18.4 Å². The fraction of sp³-hybridized carbons (Fsp3) is 0.0952. The third-order valence-corrected chi connectivity index (χ3v) is 4.67. The molecule has 2 aromatic carbocycles. The predicted octanol–water partition coefficient (Wildman–Crippen LogP) is 0.908. The molecule has 1 amide bonds. The van der Waals surface area contributed by atoms with E-state index in [0.717, 1.165) is 5.46 Å². The molecule has 9 heteroatoms. The Labute approximate surface area is 173 Å². The molecule has 0 aliphatic carbocycles. The number of phenolic OH excluding ortho intramolecular Hbond substituents is 2. The number of phenols is 2. The van der Waals surface area contributed by atoms with Gasteiger partial charge >= 0.3 is 0 Å². The SMILES string of the molecule is Bc1cnn2c(NCCNC(=O)c3ccc(O)cc3)cc(-c3ccccc3O)nc12. The topological polar surface area (TPSA) is 112 Å². The molecule has 0 saturated carbocycles. The maximum atomic E-state index is 12.2. The van der Waals surface area contributed by atoms with Crippen LogP contribution < -0.4 is 16.1 Å². The standard InChI is InChI=1S/C21H20BN5O3/c22-16-12-25-27-19(11-17(26-20(16)27)15-3-1-2-4-18(15)29)23-9-10-24-21(30)13-5-7-14(28)8-6-13/h1-8,11-12,23,28-29H,9-10,22H2,(H,24,30). The molecule has 4 rings (SSSR count). The van der Waals surface area contributed by atoms with Crippen LogP contribution in [-0.4, -0.2) is 51.7 Å². The summed E-state index contributed by atoms with van der Waals surface area (Å²) in [6.07, 6.45) is 1.73. The lowest BCUT2D eigenvalue weighted by molar-refractivity contribution is 0.0955. The smallest absolute Gasteiger partial charge is 0.251 e. The molecule has 4 aromatic rings. The van der Waals surface area contributed by atoms with E-state index in [2.05, 4.69) is 20.7 Å². The van der Waals surface area contributed by atoms with Crippen LogP contribution in [0.15, 0.2) is 60.8 Å². The van der Waals surface area contributed by atoms with Crippen molar-refractivity contribution in [3.05, 3.63) is 66.4 Å². The van der Waals surface area contributed by atoms with Crippen LogP contribution in [0.25, 0.3) is 16.9 Å². The van der Waals surface area contributed by atoms with Gasteiger partial charge in [-0.2, -0.15) is 9.61 Å². The van der Waals surface area contributed by atoms with E-state index in [0.29, 0.717) is 41.4 Å². The molecule has 0 bridgehead atoms. The number of aromatic nitrogens is 3. The Hall–Kier alpha value is -4.01. The molecule has 150 valence electrons. The second-order valence-corrected chi connectivity index (χ2v) is 6.84. The van der Waals surface area contributed by atoms with Crippen molar-refractivity contribution in [3.63, 3.8) is 0 Å². The molecule has 0 aliphatic rings. The highest BCUT2D eigenvalue weighted by atomic mass is 16.3. The summed E-state index contributed by atoms with van der Waals surface area (Å²) < 4.78 is 1.70. The molecular formula is C21H20BN5O3. The Morgan fingerprint density at radius 1 is 1.07 bits per heavy atom. The summed E-state index contributed by atoms with van der Waals surface area (Å²) in [5.41, 5.74) is 3.33. The van der Waals surface area contributed by atoms with E-state index in [1.807, 2.05) is 26.0 Å². The number of rotatable bonds is 6. The summed E-state index contributed by atoms with van der Waals surface area (Å²) in [4.78, 5) is 16.8. The number of anilines is 1. The second kappa shape index (κ2) is 8.16. The first-order chi connectivity index (χ1) is 14.5. The number of nitrogens with zero attached hydrogens (tertiary/aromatic N) is 3. The fourth-order valence-electron chi connectivity index (χ4n) is 3.11. The Bertz CT molecular complexity index is 1210. The van der Waals surface area contributed by atoms with E-state index in [-0.39, 0.29) is 17.4 Å². The highest BCUT2D eigenvalue weighted by Crippen LogP contribution is 2.29. The summed E-state index contributed by atoms with van der Waals surface area (Å²) >= 11 is 0. The van der Waals surface area contributed by atoms with Crippen LogP contribution in [0.4, 0.5) is 5.82 Å². The molecular weight excluding hydrogens is 381 g/mol. The third-order valence-electron chi connectivity index (χ3n) is 4.67. The number of aromatic hydroxyl groups is 2. The summed E-state index contributed by atoms with van der Waals surface area (Å²) in [6, 6.07) is 14.9. The predicted molar refractivity (Wildman–Crippen MR) is 117 cm³/mol. The fourth-order valence-corrected chi connectivity index (χ4v) is 3.11. The van der Waals surface area contributed by atoms with Crippen LogP contribution in [0, 0.1) is 0 Å². The first-order valence-electron chi connectivity index (χ1n) is 9.48. The zero-order chi connectivity index (χ0) is 21.1. The van der Waals surface area contributed by atoms with Crippen LogP contribution in [0.5, 0.6) is 11.5 Å². The third kappa shape index (κ3) is 3.91. The molecule has 4 N–H and O–H groups in total. The van der Waals surface area contributed by atoms with Gasteiger partial charge in [-0.3, -0.25) is 4.79 Å². The van der Waals surface area contributed by atoms with Crippen molar-refractivity contribution >= 4 is 30.7 Å². The van der Waals surface area contributed by atoms with Crippen molar-refractivity contribution in [1.82, 2.24) is 19.9 Å². The van der Waals surface area contributed by atoms with E-state index in [1.165, 1.54) is 12.1 Å². The molecule has 0 atom stereocenters. The van der Waals surface area contributed by atoms with Crippen LogP contribution in [0.3, 0.4) is 0 Å². The first-order valence-corrected chi connectivity index (χ1v) is 9.48. The van der Waals surface area contributed by atoms with Crippen molar-refractivity contribution < 1.29 is 15.0 Å². The molecule has 2 heterocycles. The van der Waals surface area contributed by atoms with Crippen LogP contribution in [0.1, 0.15) is 10.4 Å². The van der Waals surface area contributed by atoms with Gasteiger partial charge in [0.1, 0.15) is 25.2 Å². The summed E-state index contributed by atoms with van der Waals surface area (Å²) in [5.74, 6) is 0.745. The second-order valence-electron chi connectivity index (χ2n) is 6.84. The van der Waals surface area contributed by atoms with Crippen LogP contribution >= 0.6 is 0 Å². The summed E-state index contributed by atoms with van der Waals surface area (Å²) in [7, 11) is 1.92. The van der Waals surface area contributed by atoms with Gasteiger partial charge in [-0.15, -0.1) is 0 Å². The van der Waals surface area contributed by atoms with E-state index in [9.17, 15) is 15.0 Å². The Balaban J connectivity index is 1.50. The van der Waals surface area contributed by atoms with Gasteiger partial charge in [0.25, 0.3) is 5.91 Å². The van der Waals surface area contributed by atoms with E-state index >= 15 is 0 Å². The zero-order valence-corrected chi connectivity index (χ0v) is 16.3. The maximum Gasteiger partial charge on any atom is 0.251 e. The van der Waals surface area contributed by atoms with Gasteiger partial charge in [-0.25, -0.2) is 4.98 Å². The monoisotopic (exact) mass is 401 g/mol. The molecule has 0 spiro atoms. The lowest BCUT2D eigenvalue weighted by Crippen LogP contribution is -2.29.